The molecular weight excluding hydrogens is 343 g/mol. The summed E-state index contributed by atoms with van der Waals surface area (Å²) in [5.74, 6) is -0.954. The normalized spacial score (nSPS) is 10.8. The SMILES string of the molecule is Cc1ccc(C(=O)NCCNC(=O)Cc2cn3ccsc3n2)cc1F. The molecular formula is C17H17FN4O2S. The van der Waals surface area contributed by atoms with Crippen LogP contribution in [0.2, 0.25) is 0 Å². The van der Waals surface area contributed by atoms with Gasteiger partial charge in [0, 0.05) is 36.4 Å². The highest BCUT2D eigenvalue weighted by Gasteiger charge is 2.09. The van der Waals surface area contributed by atoms with Gasteiger partial charge in [0.2, 0.25) is 5.91 Å². The zero-order valence-corrected chi connectivity index (χ0v) is 14.4. The van der Waals surface area contributed by atoms with Gasteiger partial charge < -0.3 is 10.6 Å². The van der Waals surface area contributed by atoms with Gasteiger partial charge in [-0.3, -0.25) is 14.0 Å². The van der Waals surface area contributed by atoms with Crippen LogP contribution in [0.15, 0.2) is 36.0 Å². The number of thiazole rings is 1. The molecule has 6 nitrogen and oxygen atoms in total. The van der Waals surface area contributed by atoms with Crippen LogP contribution in [0.1, 0.15) is 21.6 Å². The lowest BCUT2D eigenvalue weighted by Gasteiger charge is -2.07. The van der Waals surface area contributed by atoms with Gasteiger partial charge in [-0.15, -0.1) is 11.3 Å². The van der Waals surface area contributed by atoms with Crippen molar-refractivity contribution in [3.8, 4) is 0 Å². The van der Waals surface area contributed by atoms with Crippen LogP contribution in [-0.2, 0) is 11.2 Å². The molecule has 8 heteroatoms. The first-order valence-corrected chi connectivity index (χ1v) is 8.63. The Bertz CT molecular complexity index is 890. The largest absolute Gasteiger partial charge is 0.354 e. The van der Waals surface area contributed by atoms with E-state index in [4.69, 9.17) is 0 Å². The van der Waals surface area contributed by atoms with E-state index in [9.17, 15) is 14.0 Å². The van der Waals surface area contributed by atoms with E-state index in [1.165, 1.54) is 17.4 Å². The van der Waals surface area contributed by atoms with E-state index in [1.807, 2.05) is 22.2 Å². The van der Waals surface area contributed by atoms with Crippen molar-refractivity contribution in [2.24, 2.45) is 0 Å². The van der Waals surface area contributed by atoms with Crippen molar-refractivity contribution in [3.63, 3.8) is 0 Å². The van der Waals surface area contributed by atoms with E-state index in [1.54, 1.807) is 19.1 Å². The summed E-state index contributed by atoms with van der Waals surface area (Å²) >= 11 is 1.51. The van der Waals surface area contributed by atoms with Gasteiger partial charge in [0.15, 0.2) is 4.96 Å². The molecule has 130 valence electrons. The molecule has 0 saturated heterocycles. The van der Waals surface area contributed by atoms with Crippen molar-refractivity contribution in [1.82, 2.24) is 20.0 Å². The number of nitrogens with zero attached hydrogens (tertiary/aromatic N) is 2. The van der Waals surface area contributed by atoms with Crippen molar-refractivity contribution in [3.05, 3.63) is 58.6 Å². The molecule has 0 bridgehead atoms. The van der Waals surface area contributed by atoms with Crippen molar-refractivity contribution in [2.75, 3.05) is 13.1 Å². The Labute approximate surface area is 147 Å². The third-order valence-corrected chi connectivity index (χ3v) is 4.42. The predicted molar refractivity (Wildman–Crippen MR) is 93.3 cm³/mol. The molecule has 0 aliphatic rings. The van der Waals surface area contributed by atoms with Crippen molar-refractivity contribution >= 4 is 28.1 Å². The Morgan fingerprint density at radius 1 is 1.28 bits per heavy atom. The van der Waals surface area contributed by atoms with E-state index in [0.29, 0.717) is 17.8 Å². The van der Waals surface area contributed by atoms with Crippen LogP contribution >= 0.6 is 11.3 Å². The van der Waals surface area contributed by atoms with Gasteiger partial charge in [0.05, 0.1) is 12.1 Å². The van der Waals surface area contributed by atoms with Gasteiger partial charge in [-0.25, -0.2) is 9.37 Å². The zero-order valence-electron chi connectivity index (χ0n) is 13.6. The second-order valence-corrected chi connectivity index (χ2v) is 6.44. The molecule has 3 aromatic rings. The van der Waals surface area contributed by atoms with Crippen LogP contribution in [0.5, 0.6) is 0 Å². The molecule has 1 aromatic carbocycles. The number of hydrogen-bond acceptors (Lipinski definition) is 4. The molecule has 0 unspecified atom stereocenters. The number of benzene rings is 1. The summed E-state index contributed by atoms with van der Waals surface area (Å²) in [5.41, 5.74) is 1.44. The molecule has 2 heterocycles. The number of hydrogen-bond donors (Lipinski definition) is 2. The molecule has 0 saturated carbocycles. The van der Waals surface area contributed by atoms with Crippen molar-refractivity contribution in [1.29, 1.82) is 0 Å². The molecule has 2 aromatic heterocycles. The maximum Gasteiger partial charge on any atom is 0.251 e. The number of nitrogens with one attached hydrogen (secondary N) is 2. The minimum atomic E-state index is -0.416. The van der Waals surface area contributed by atoms with Crippen LogP contribution in [0.25, 0.3) is 4.96 Å². The molecule has 0 aliphatic carbocycles. The zero-order chi connectivity index (χ0) is 17.8. The molecule has 25 heavy (non-hydrogen) atoms. The summed E-state index contributed by atoms with van der Waals surface area (Å²) in [7, 11) is 0. The van der Waals surface area contributed by atoms with E-state index in [0.717, 1.165) is 4.96 Å². The average molecular weight is 360 g/mol. The maximum absolute atomic E-state index is 13.5. The lowest BCUT2D eigenvalue weighted by Crippen LogP contribution is -2.35. The summed E-state index contributed by atoms with van der Waals surface area (Å²) < 4.78 is 15.3. The number of aromatic nitrogens is 2. The molecule has 3 rings (SSSR count). The molecule has 0 fully saturated rings. The first kappa shape index (κ1) is 17.1. The van der Waals surface area contributed by atoms with E-state index >= 15 is 0 Å². The minimum Gasteiger partial charge on any atom is -0.354 e. The summed E-state index contributed by atoms with van der Waals surface area (Å²) in [6.45, 7) is 2.19. The summed E-state index contributed by atoms with van der Waals surface area (Å²) in [6.07, 6.45) is 3.89. The Kier molecular flexibility index (Phi) is 5.08. The monoisotopic (exact) mass is 360 g/mol. The first-order valence-electron chi connectivity index (χ1n) is 7.75. The third kappa shape index (κ3) is 4.21. The van der Waals surface area contributed by atoms with Gasteiger partial charge in [-0.05, 0) is 24.6 Å². The second-order valence-electron chi connectivity index (χ2n) is 5.57. The third-order valence-electron chi connectivity index (χ3n) is 3.65. The number of fused-ring (bicyclic) bond motifs is 1. The number of aryl methyl sites for hydroxylation is 1. The van der Waals surface area contributed by atoms with Crippen LogP contribution in [0, 0.1) is 12.7 Å². The van der Waals surface area contributed by atoms with Crippen molar-refractivity contribution < 1.29 is 14.0 Å². The Hall–Kier alpha value is -2.74. The van der Waals surface area contributed by atoms with Crippen LogP contribution in [-0.4, -0.2) is 34.3 Å². The molecule has 0 spiro atoms. The Morgan fingerprint density at radius 3 is 2.84 bits per heavy atom. The number of rotatable bonds is 6. The minimum absolute atomic E-state index is 0.165. The topological polar surface area (TPSA) is 75.5 Å². The molecule has 2 N–H and O–H groups in total. The Morgan fingerprint density at radius 2 is 2.08 bits per heavy atom. The first-order chi connectivity index (χ1) is 12.0. The fourth-order valence-corrected chi connectivity index (χ4v) is 3.02. The van der Waals surface area contributed by atoms with Crippen molar-refractivity contribution in [2.45, 2.75) is 13.3 Å². The lowest BCUT2D eigenvalue weighted by atomic mass is 10.1. The van der Waals surface area contributed by atoms with Gasteiger partial charge in [0.1, 0.15) is 5.82 Å². The average Bonchev–Trinajstić information content (AvgIpc) is 3.15. The highest BCUT2D eigenvalue weighted by molar-refractivity contribution is 7.15. The maximum atomic E-state index is 13.5. The number of carbonyl (C=O) groups is 2. The number of halogens is 1. The quantitative estimate of drug-likeness (QED) is 0.660. The standard InChI is InChI=1S/C17H17FN4O2S/c1-11-2-3-12(8-14(11)18)16(24)20-5-4-19-15(23)9-13-10-22-6-7-25-17(22)21-13/h2-3,6-8,10H,4-5,9H2,1H3,(H,19,23)(H,20,24). The second kappa shape index (κ2) is 7.43. The fraction of sp³-hybridized carbons (Fsp3) is 0.235. The van der Waals surface area contributed by atoms with Gasteiger partial charge >= 0.3 is 0 Å². The molecule has 2 amide bonds. The fourth-order valence-electron chi connectivity index (χ4n) is 2.30. The van der Waals surface area contributed by atoms with Crippen LogP contribution in [0.4, 0.5) is 4.39 Å². The van der Waals surface area contributed by atoms with Crippen LogP contribution in [0.3, 0.4) is 0 Å². The summed E-state index contributed by atoms with van der Waals surface area (Å²) in [6, 6.07) is 4.33. The van der Waals surface area contributed by atoms with Crippen LogP contribution < -0.4 is 10.6 Å². The smallest absolute Gasteiger partial charge is 0.251 e. The van der Waals surface area contributed by atoms with Gasteiger partial charge in [-0.2, -0.15) is 0 Å². The molecule has 0 radical (unpaired) electrons. The van der Waals surface area contributed by atoms with Gasteiger partial charge in [0.25, 0.3) is 5.91 Å². The summed E-state index contributed by atoms with van der Waals surface area (Å²) in [4.78, 5) is 29.0. The van der Waals surface area contributed by atoms with E-state index < -0.39 is 5.82 Å². The summed E-state index contributed by atoms with van der Waals surface area (Å²) in [5, 5.41) is 7.29. The Balaban J connectivity index is 1.41. The number of amides is 2. The number of carbonyl (C=O) groups excluding carboxylic acids is 2. The van der Waals surface area contributed by atoms with Gasteiger partial charge in [-0.1, -0.05) is 6.07 Å². The van der Waals surface area contributed by atoms with E-state index in [2.05, 4.69) is 15.6 Å². The highest BCUT2D eigenvalue weighted by Crippen LogP contribution is 2.11. The number of imidazole rings is 1. The molecule has 0 atom stereocenters. The van der Waals surface area contributed by atoms with E-state index in [-0.39, 0.29) is 30.3 Å². The highest BCUT2D eigenvalue weighted by atomic mass is 32.1. The lowest BCUT2D eigenvalue weighted by molar-refractivity contribution is -0.120. The predicted octanol–water partition coefficient (Wildman–Crippen LogP) is 1.93. The molecule has 0 aliphatic heterocycles.